The molecule has 2 N–H and O–H groups in total. The van der Waals surface area contributed by atoms with Gasteiger partial charge in [0.15, 0.2) is 0 Å². The van der Waals surface area contributed by atoms with Gasteiger partial charge in [0.1, 0.15) is 0 Å². The quantitative estimate of drug-likeness (QED) is 0.675. The molecule has 0 saturated carbocycles. The molecule has 0 radical (unpaired) electrons. The van der Waals surface area contributed by atoms with Crippen molar-refractivity contribution < 1.29 is 9.90 Å². The van der Waals surface area contributed by atoms with E-state index in [9.17, 15) is 9.90 Å². The highest BCUT2D eigenvalue weighted by Gasteiger charge is 2.49. The summed E-state index contributed by atoms with van der Waals surface area (Å²) in [6, 6.07) is 12.3. The Labute approximate surface area is 177 Å². The largest absolute Gasteiger partial charge is 0.386 e. The van der Waals surface area contributed by atoms with Crippen LogP contribution in [0.1, 0.15) is 61.2 Å². The fourth-order valence-corrected chi connectivity index (χ4v) is 5.49. The van der Waals surface area contributed by atoms with Crippen LogP contribution in [-0.2, 0) is 17.4 Å². The number of aromatic nitrogens is 2. The first kappa shape index (κ1) is 19.3. The predicted octanol–water partition coefficient (Wildman–Crippen LogP) is 4.15. The summed E-state index contributed by atoms with van der Waals surface area (Å²) in [6.07, 6.45) is 3.44. The molecule has 2 heterocycles. The Morgan fingerprint density at radius 1 is 1.27 bits per heavy atom. The number of rotatable bonds is 2. The van der Waals surface area contributed by atoms with Gasteiger partial charge < -0.3 is 15.0 Å². The zero-order valence-electron chi connectivity index (χ0n) is 18.1. The van der Waals surface area contributed by atoms with Gasteiger partial charge in [-0.1, -0.05) is 32.0 Å². The fraction of sp³-hybridized carbons (Fsp3) is 0.440. The molecule has 3 atom stereocenters. The summed E-state index contributed by atoms with van der Waals surface area (Å²) >= 11 is 0. The zero-order valence-corrected chi connectivity index (χ0v) is 18.1. The summed E-state index contributed by atoms with van der Waals surface area (Å²) < 4.78 is 0. The van der Waals surface area contributed by atoms with Crippen LogP contribution in [0.4, 0.5) is 0 Å². The molecule has 1 amide bonds. The smallest absolute Gasteiger partial charge is 0.254 e. The molecule has 0 spiro atoms. The van der Waals surface area contributed by atoms with Crippen LogP contribution in [-0.4, -0.2) is 38.5 Å². The van der Waals surface area contributed by atoms with Gasteiger partial charge in [0.2, 0.25) is 0 Å². The molecule has 1 aliphatic heterocycles. The third kappa shape index (κ3) is 2.79. The van der Waals surface area contributed by atoms with E-state index in [0.29, 0.717) is 11.5 Å². The number of hydrogen-bond donors (Lipinski definition) is 2. The summed E-state index contributed by atoms with van der Waals surface area (Å²) in [5.41, 5.74) is 5.23. The number of piperidine rings is 1. The Morgan fingerprint density at radius 2 is 2.07 bits per heavy atom. The Morgan fingerprint density at radius 3 is 2.83 bits per heavy atom. The highest BCUT2D eigenvalue weighted by Crippen LogP contribution is 2.49. The van der Waals surface area contributed by atoms with E-state index in [1.54, 1.807) is 6.33 Å². The number of amides is 1. The molecule has 5 rings (SSSR count). The Hall–Kier alpha value is -2.66. The molecule has 5 heteroatoms. The number of fused-ring (bicyclic) bond motifs is 5. The van der Waals surface area contributed by atoms with Crippen LogP contribution < -0.4 is 0 Å². The molecule has 2 aromatic carbocycles. The van der Waals surface area contributed by atoms with Gasteiger partial charge in [0, 0.05) is 18.2 Å². The number of nitrogens with one attached hydrogen (secondary N) is 1. The minimum absolute atomic E-state index is 0.00359. The van der Waals surface area contributed by atoms with E-state index in [-0.39, 0.29) is 17.4 Å². The number of imidazole rings is 1. The van der Waals surface area contributed by atoms with Crippen molar-refractivity contribution in [2.24, 2.45) is 5.92 Å². The Kier molecular flexibility index (Phi) is 4.13. The molecule has 2 bridgehead atoms. The van der Waals surface area contributed by atoms with E-state index < -0.39 is 5.60 Å². The number of carbonyl (C=O) groups excluding carboxylic acids is 1. The van der Waals surface area contributed by atoms with Crippen LogP contribution in [0.15, 0.2) is 42.7 Å². The Balaban J connectivity index is 1.51. The summed E-state index contributed by atoms with van der Waals surface area (Å²) in [7, 11) is 0. The first-order valence-corrected chi connectivity index (χ1v) is 10.8. The number of carbonyl (C=O) groups is 1. The van der Waals surface area contributed by atoms with Crippen molar-refractivity contribution in [3.05, 3.63) is 65.0 Å². The second-order valence-electron chi connectivity index (χ2n) is 9.79. The number of H-pyrrole nitrogens is 1. The molecule has 3 aromatic rings. The van der Waals surface area contributed by atoms with Crippen LogP contribution in [0.25, 0.3) is 11.0 Å². The normalized spacial score (nSPS) is 26.0. The third-order valence-electron chi connectivity index (χ3n) is 7.64. The maximum Gasteiger partial charge on any atom is 0.254 e. The van der Waals surface area contributed by atoms with Crippen molar-refractivity contribution in [2.75, 3.05) is 6.54 Å². The lowest BCUT2D eigenvalue weighted by atomic mass is 9.58. The second-order valence-corrected chi connectivity index (χ2v) is 9.79. The van der Waals surface area contributed by atoms with Gasteiger partial charge in [-0.15, -0.1) is 0 Å². The molecule has 1 aliphatic carbocycles. The highest BCUT2D eigenvalue weighted by atomic mass is 16.3. The molecular weight excluding hydrogens is 374 g/mol. The van der Waals surface area contributed by atoms with Crippen molar-refractivity contribution >= 4 is 16.9 Å². The Bertz CT molecular complexity index is 1140. The fourth-order valence-electron chi connectivity index (χ4n) is 5.49. The van der Waals surface area contributed by atoms with Crippen molar-refractivity contribution in [3.8, 4) is 0 Å². The lowest BCUT2D eigenvalue weighted by Crippen LogP contribution is -2.59. The number of likely N-dealkylation sites (tertiary alicyclic amines) is 1. The average molecular weight is 404 g/mol. The monoisotopic (exact) mass is 403 g/mol. The molecule has 2 aliphatic rings. The number of hydrogen-bond acceptors (Lipinski definition) is 3. The van der Waals surface area contributed by atoms with Crippen molar-refractivity contribution in [3.63, 3.8) is 0 Å². The number of benzene rings is 2. The summed E-state index contributed by atoms with van der Waals surface area (Å²) in [4.78, 5) is 22.9. The van der Waals surface area contributed by atoms with Gasteiger partial charge >= 0.3 is 0 Å². The lowest BCUT2D eigenvalue weighted by Gasteiger charge is -2.54. The molecule has 156 valence electrons. The van der Waals surface area contributed by atoms with E-state index in [1.807, 2.05) is 38.1 Å². The standard InChI is InChI=1S/C25H29N3O2/c1-15-22-12-16-5-7-18(24(2,3)30)13-19(16)25(15,4)9-10-28(22)23(29)17-6-8-20-21(11-17)27-14-26-20/h5-8,11,13-15,22,30H,9-10,12H2,1-4H3,(H,26,27)/t15-,22-,25-/m1/s1. The summed E-state index contributed by atoms with van der Waals surface area (Å²) in [5, 5.41) is 10.5. The molecule has 1 aromatic heterocycles. The molecule has 0 unspecified atom stereocenters. The van der Waals surface area contributed by atoms with E-state index in [1.165, 1.54) is 11.1 Å². The maximum absolute atomic E-state index is 13.5. The minimum atomic E-state index is -0.854. The topological polar surface area (TPSA) is 69.2 Å². The third-order valence-corrected chi connectivity index (χ3v) is 7.64. The highest BCUT2D eigenvalue weighted by molar-refractivity contribution is 5.97. The van der Waals surface area contributed by atoms with E-state index in [4.69, 9.17) is 0 Å². The van der Waals surface area contributed by atoms with Crippen molar-refractivity contribution in [1.82, 2.24) is 14.9 Å². The first-order valence-electron chi connectivity index (χ1n) is 10.8. The second kappa shape index (κ2) is 6.42. The van der Waals surface area contributed by atoms with Gasteiger partial charge in [-0.2, -0.15) is 0 Å². The van der Waals surface area contributed by atoms with E-state index in [0.717, 1.165) is 36.0 Å². The van der Waals surface area contributed by atoms with Gasteiger partial charge in [-0.25, -0.2) is 4.98 Å². The van der Waals surface area contributed by atoms with Gasteiger partial charge in [-0.05, 0) is 72.9 Å². The van der Waals surface area contributed by atoms with Crippen LogP contribution in [0.2, 0.25) is 0 Å². The van der Waals surface area contributed by atoms with Crippen molar-refractivity contribution in [1.29, 1.82) is 0 Å². The molecular formula is C25H29N3O2. The number of aromatic amines is 1. The van der Waals surface area contributed by atoms with Crippen molar-refractivity contribution in [2.45, 2.75) is 57.6 Å². The first-order chi connectivity index (χ1) is 14.2. The molecule has 5 nitrogen and oxygen atoms in total. The van der Waals surface area contributed by atoms with Crippen LogP contribution >= 0.6 is 0 Å². The number of aliphatic hydroxyl groups is 1. The molecule has 1 fully saturated rings. The lowest BCUT2D eigenvalue weighted by molar-refractivity contribution is 0.0248. The minimum Gasteiger partial charge on any atom is -0.386 e. The summed E-state index contributed by atoms with van der Waals surface area (Å²) in [5.74, 6) is 0.442. The van der Waals surface area contributed by atoms with Crippen LogP contribution in [0.3, 0.4) is 0 Å². The zero-order chi connectivity index (χ0) is 21.3. The SMILES string of the molecule is C[C@@H]1[C@H]2Cc3ccc(C(C)(C)O)cc3[C@]1(C)CCN2C(=O)c1ccc2nc[nH]c2c1. The maximum atomic E-state index is 13.5. The molecule has 30 heavy (non-hydrogen) atoms. The van der Waals surface area contributed by atoms with E-state index >= 15 is 0 Å². The van der Waals surface area contributed by atoms with Gasteiger partial charge in [0.25, 0.3) is 5.91 Å². The van der Waals surface area contributed by atoms with Crippen LogP contribution in [0, 0.1) is 5.92 Å². The molecule has 1 saturated heterocycles. The summed E-state index contributed by atoms with van der Waals surface area (Å²) in [6.45, 7) is 9.03. The van der Waals surface area contributed by atoms with Crippen LogP contribution in [0.5, 0.6) is 0 Å². The number of nitrogens with zero attached hydrogens (tertiary/aromatic N) is 2. The average Bonchev–Trinajstić information content (AvgIpc) is 3.17. The predicted molar refractivity (Wildman–Crippen MR) is 117 cm³/mol. The van der Waals surface area contributed by atoms with E-state index in [2.05, 4.69) is 40.8 Å². The van der Waals surface area contributed by atoms with Gasteiger partial charge in [0.05, 0.1) is 23.0 Å². The van der Waals surface area contributed by atoms with Gasteiger partial charge in [-0.3, -0.25) is 4.79 Å².